The van der Waals surface area contributed by atoms with Gasteiger partial charge in [-0.3, -0.25) is 4.79 Å². The molecule has 0 bridgehead atoms. The molecule has 0 saturated heterocycles. The maximum absolute atomic E-state index is 12.3. The van der Waals surface area contributed by atoms with E-state index in [0.717, 1.165) is 6.42 Å². The molecule has 3 N–H and O–H groups in total. The second-order valence-electron chi connectivity index (χ2n) is 5.42. The van der Waals surface area contributed by atoms with E-state index in [4.69, 9.17) is 11.6 Å². The number of hydrogen-bond donors (Lipinski definition) is 3. The Labute approximate surface area is 146 Å². The fraction of sp³-hybridized carbons (Fsp3) is 0.222. The molecule has 0 heterocycles. The van der Waals surface area contributed by atoms with Crippen LogP contribution in [-0.4, -0.2) is 18.0 Å². The van der Waals surface area contributed by atoms with E-state index in [0.29, 0.717) is 22.0 Å². The molecule has 0 aliphatic heterocycles. The minimum absolute atomic E-state index is 0.0610. The number of benzene rings is 2. The predicted octanol–water partition coefficient (Wildman–Crippen LogP) is 4.51. The Morgan fingerprint density at radius 3 is 2.54 bits per heavy atom. The topological polar surface area (TPSA) is 70.2 Å². The van der Waals surface area contributed by atoms with Crippen LogP contribution in [0.5, 0.6) is 0 Å². The quantitative estimate of drug-likeness (QED) is 0.746. The summed E-state index contributed by atoms with van der Waals surface area (Å²) < 4.78 is 0. The Morgan fingerprint density at radius 2 is 1.83 bits per heavy atom. The highest BCUT2D eigenvalue weighted by Gasteiger charge is 2.14. The van der Waals surface area contributed by atoms with Gasteiger partial charge in [0, 0.05) is 16.8 Å². The largest absolute Gasteiger partial charge is 0.350 e. The van der Waals surface area contributed by atoms with Gasteiger partial charge >= 0.3 is 6.03 Å². The first-order valence-corrected chi connectivity index (χ1v) is 8.11. The minimum Gasteiger partial charge on any atom is -0.350 e. The van der Waals surface area contributed by atoms with Gasteiger partial charge in [-0.25, -0.2) is 4.79 Å². The number of amides is 3. The zero-order valence-electron chi connectivity index (χ0n) is 13.6. The molecule has 1 unspecified atom stereocenters. The first-order chi connectivity index (χ1) is 11.5. The zero-order chi connectivity index (χ0) is 17.5. The van der Waals surface area contributed by atoms with E-state index in [1.54, 1.807) is 48.5 Å². The Balaban J connectivity index is 2.09. The average molecular weight is 346 g/mol. The zero-order valence-corrected chi connectivity index (χ0v) is 14.4. The highest BCUT2D eigenvalue weighted by Crippen LogP contribution is 2.18. The number of anilines is 2. The Hall–Kier alpha value is -2.53. The van der Waals surface area contributed by atoms with Crippen molar-refractivity contribution in [1.29, 1.82) is 0 Å². The van der Waals surface area contributed by atoms with Crippen LogP contribution in [0.15, 0.2) is 48.5 Å². The fourth-order valence-corrected chi connectivity index (χ4v) is 2.23. The lowest BCUT2D eigenvalue weighted by Gasteiger charge is -2.15. The average Bonchev–Trinajstić information content (AvgIpc) is 2.55. The van der Waals surface area contributed by atoms with Crippen molar-refractivity contribution in [3.05, 3.63) is 59.1 Å². The number of halogens is 1. The molecule has 3 amide bonds. The van der Waals surface area contributed by atoms with E-state index in [2.05, 4.69) is 16.0 Å². The van der Waals surface area contributed by atoms with E-state index >= 15 is 0 Å². The SMILES string of the molecule is CCC(C)NC(=O)c1ccccc1NC(=O)Nc1cccc(Cl)c1. The van der Waals surface area contributed by atoms with E-state index in [9.17, 15) is 9.59 Å². The van der Waals surface area contributed by atoms with E-state index < -0.39 is 6.03 Å². The number of rotatable bonds is 5. The Morgan fingerprint density at radius 1 is 1.08 bits per heavy atom. The summed E-state index contributed by atoms with van der Waals surface area (Å²) in [6.45, 7) is 3.92. The summed E-state index contributed by atoms with van der Waals surface area (Å²) in [6, 6.07) is 13.3. The summed E-state index contributed by atoms with van der Waals surface area (Å²) in [5.41, 5.74) is 1.43. The van der Waals surface area contributed by atoms with Crippen molar-refractivity contribution in [3.8, 4) is 0 Å². The number of para-hydroxylation sites is 1. The maximum atomic E-state index is 12.3. The number of carbonyl (C=O) groups excluding carboxylic acids is 2. The third kappa shape index (κ3) is 4.99. The Kier molecular flexibility index (Phi) is 6.21. The molecule has 0 spiro atoms. The van der Waals surface area contributed by atoms with Crippen LogP contribution in [0.3, 0.4) is 0 Å². The fourth-order valence-electron chi connectivity index (χ4n) is 2.04. The van der Waals surface area contributed by atoms with E-state index in [1.165, 1.54) is 0 Å². The molecule has 0 saturated carbocycles. The van der Waals surface area contributed by atoms with Gasteiger partial charge in [0.15, 0.2) is 0 Å². The van der Waals surface area contributed by atoms with Gasteiger partial charge in [-0.05, 0) is 43.7 Å². The van der Waals surface area contributed by atoms with Crippen molar-refractivity contribution in [1.82, 2.24) is 5.32 Å². The van der Waals surface area contributed by atoms with Crippen LogP contribution < -0.4 is 16.0 Å². The van der Waals surface area contributed by atoms with Crippen molar-refractivity contribution in [2.45, 2.75) is 26.3 Å². The second-order valence-corrected chi connectivity index (χ2v) is 5.85. The molecule has 0 aromatic heterocycles. The molecule has 126 valence electrons. The molecule has 0 radical (unpaired) electrons. The second kappa shape index (κ2) is 8.36. The summed E-state index contributed by atoms with van der Waals surface area (Å²) in [4.78, 5) is 24.5. The van der Waals surface area contributed by atoms with E-state index in [-0.39, 0.29) is 11.9 Å². The van der Waals surface area contributed by atoms with Gasteiger partial charge in [-0.2, -0.15) is 0 Å². The smallest absolute Gasteiger partial charge is 0.323 e. The van der Waals surface area contributed by atoms with Crippen LogP contribution >= 0.6 is 11.6 Å². The molecule has 0 aliphatic rings. The van der Waals surface area contributed by atoms with Gasteiger partial charge in [0.2, 0.25) is 0 Å². The van der Waals surface area contributed by atoms with Crippen LogP contribution in [0.1, 0.15) is 30.6 Å². The highest BCUT2D eigenvalue weighted by atomic mass is 35.5. The third-order valence-electron chi connectivity index (χ3n) is 3.49. The summed E-state index contributed by atoms with van der Waals surface area (Å²) >= 11 is 5.89. The van der Waals surface area contributed by atoms with E-state index in [1.807, 2.05) is 13.8 Å². The molecule has 5 nitrogen and oxygen atoms in total. The van der Waals surface area contributed by atoms with Crippen LogP contribution in [0.4, 0.5) is 16.2 Å². The minimum atomic E-state index is -0.443. The van der Waals surface area contributed by atoms with Crippen LogP contribution in [-0.2, 0) is 0 Å². The van der Waals surface area contributed by atoms with Crippen molar-refractivity contribution in [2.24, 2.45) is 0 Å². The summed E-state index contributed by atoms with van der Waals surface area (Å²) in [5, 5.41) is 8.80. The van der Waals surface area contributed by atoms with Gasteiger partial charge in [0.05, 0.1) is 11.3 Å². The molecule has 0 fully saturated rings. The van der Waals surface area contributed by atoms with Gasteiger partial charge in [-0.1, -0.05) is 36.7 Å². The normalized spacial score (nSPS) is 11.5. The van der Waals surface area contributed by atoms with Gasteiger partial charge in [-0.15, -0.1) is 0 Å². The Bertz CT molecular complexity index is 734. The molecule has 2 aromatic rings. The van der Waals surface area contributed by atoms with Gasteiger partial charge < -0.3 is 16.0 Å². The molecule has 0 aliphatic carbocycles. The van der Waals surface area contributed by atoms with Crippen molar-refractivity contribution < 1.29 is 9.59 Å². The molecule has 24 heavy (non-hydrogen) atoms. The van der Waals surface area contributed by atoms with Crippen molar-refractivity contribution in [3.63, 3.8) is 0 Å². The predicted molar refractivity (Wildman–Crippen MR) is 97.8 cm³/mol. The lowest BCUT2D eigenvalue weighted by atomic mass is 10.1. The van der Waals surface area contributed by atoms with Gasteiger partial charge in [0.1, 0.15) is 0 Å². The van der Waals surface area contributed by atoms with Crippen molar-refractivity contribution in [2.75, 3.05) is 10.6 Å². The van der Waals surface area contributed by atoms with Crippen molar-refractivity contribution >= 4 is 34.9 Å². The third-order valence-corrected chi connectivity index (χ3v) is 3.73. The molecule has 6 heteroatoms. The number of urea groups is 1. The van der Waals surface area contributed by atoms with Gasteiger partial charge in [0.25, 0.3) is 5.91 Å². The lowest BCUT2D eigenvalue weighted by molar-refractivity contribution is 0.0940. The lowest BCUT2D eigenvalue weighted by Crippen LogP contribution is -2.33. The highest BCUT2D eigenvalue weighted by molar-refractivity contribution is 6.30. The standard InChI is InChI=1S/C18H20ClN3O2/c1-3-12(2)20-17(23)15-9-4-5-10-16(15)22-18(24)21-14-8-6-7-13(19)11-14/h4-12H,3H2,1-2H3,(H,20,23)(H2,21,22,24). The monoisotopic (exact) mass is 345 g/mol. The molecule has 1 atom stereocenters. The van der Waals surface area contributed by atoms with Crippen LogP contribution in [0, 0.1) is 0 Å². The number of carbonyl (C=O) groups is 2. The summed E-state index contributed by atoms with van der Waals surface area (Å²) in [5.74, 6) is -0.219. The maximum Gasteiger partial charge on any atom is 0.323 e. The van der Waals surface area contributed by atoms with Crippen LogP contribution in [0.25, 0.3) is 0 Å². The van der Waals surface area contributed by atoms with Crippen LogP contribution in [0.2, 0.25) is 5.02 Å². The number of hydrogen-bond acceptors (Lipinski definition) is 2. The first kappa shape index (κ1) is 17.8. The summed E-state index contributed by atoms with van der Waals surface area (Å²) in [7, 11) is 0. The molecule has 2 aromatic carbocycles. The molecular weight excluding hydrogens is 326 g/mol. The molecular formula is C18H20ClN3O2. The summed E-state index contributed by atoms with van der Waals surface area (Å²) in [6.07, 6.45) is 0.830. The molecule has 2 rings (SSSR count). The number of nitrogens with one attached hydrogen (secondary N) is 3. The first-order valence-electron chi connectivity index (χ1n) is 7.73.